The standard InChI is InChI=1S/C16H27N3O4S/c1-5-11(2)17-15(20)10-14-6-8-19(9-7-14)24(21,22)16-12(3)18-23-13(16)4/h11,14H,5-10H2,1-4H3,(H,17,20)/t11-/m1/s1. The van der Waals surface area contributed by atoms with E-state index in [1.54, 1.807) is 13.8 Å². The Morgan fingerprint density at radius 2 is 2.00 bits per heavy atom. The third-order valence-corrected chi connectivity index (χ3v) is 6.78. The van der Waals surface area contributed by atoms with Crippen molar-refractivity contribution in [3.8, 4) is 0 Å². The molecule has 1 aliphatic heterocycles. The molecule has 0 unspecified atom stereocenters. The number of nitrogens with one attached hydrogen (secondary N) is 1. The SMILES string of the molecule is CC[C@@H](C)NC(=O)CC1CCN(S(=O)(=O)c2c(C)noc2C)CC1. The minimum atomic E-state index is -3.58. The summed E-state index contributed by atoms with van der Waals surface area (Å²) in [6.07, 6.45) is 2.75. The Kier molecular flexibility index (Phi) is 6.03. The number of hydrogen-bond acceptors (Lipinski definition) is 5. The molecule has 1 N–H and O–H groups in total. The number of carbonyl (C=O) groups excluding carboxylic acids is 1. The molecule has 0 radical (unpaired) electrons. The van der Waals surface area contributed by atoms with Crippen LogP contribution in [-0.2, 0) is 14.8 Å². The Balaban J connectivity index is 1.94. The second kappa shape index (κ2) is 7.65. The molecule has 1 saturated heterocycles. The minimum Gasteiger partial charge on any atom is -0.360 e. The molecule has 1 atom stereocenters. The number of hydrogen-bond donors (Lipinski definition) is 1. The predicted molar refractivity (Wildman–Crippen MR) is 90.0 cm³/mol. The average molecular weight is 357 g/mol. The molecule has 7 nitrogen and oxygen atoms in total. The highest BCUT2D eigenvalue weighted by Gasteiger charge is 2.34. The Morgan fingerprint density at radius 3 is 2.50 bits per heavy atom. The average Bonchev–Trinajstić information content (AvgIpc) is 2.87. The first kappa shape index (κ1) is 18.9. The van der Waals surface area contributed by atoms with Crippen LogP contribution in [0.15, 0.2) is 9.42 Å². The van der Waals surface area contributed by atoms with Gasteiger partial charge in [-0.2, -0.15) is 4.31 Å². The maximum absolute atomic E-state index is 12.7. The van der Waals surface area contributed by atoms with Crippen molar-refractivity contribution in [1.82, 2.24) is 14.8 Å². The number of carbonyl (C=O) groups is 1. The summed E-state index contributed by atoms with van der Waals surface area (Å²) < 4.78 is 32.0. The van der Waals surface area contributed by atoms with Crippen molar-refractivity contribution >= 4 is 15.9 Å². The van der Waals surface area contributed by atoms with Crippen LogP contribution in [0.4, 0.5) is 0 Å². The van der Waals surface area contributed by atoms with Crippen LogP contribution in [0.5, 0.6) is 0 Å². The zero-order chi connectivity index (χ0) is 17.9. The van der Waals surface area contributed by atoms with Crippen molar-refractivity contribution in [2.24, 2.45) is 5.92 Å². The number of sulfonamides is 1. The molecule has 0 saturated carbocycles. The fraction of sp³-hybridized carbons (Fsp3) is 0.750. The summed E-state index contributed by atoms with van der Waals surface area (Å²) in [5, 5.41) is 6.70. The van der Waals surface area contributed by atoms with E-state index in [0.29, 0.717) is 43.8 Å². The van der Waals surface area contributed by atoms with Crippen molar-refractivity contribution < 1.29 is 17.7 Å². The van der Waals surface area contributed by atoms with Crippen LogP contribution in [0, 0.1) is 19.8 Å². The Morgan fingerprint density at radius 1 is 1.38 bits per heavy atom. The van der Waals surface area contributed by atoms with Gasteiger partial charge < -0.3 is 9.84 Å². The lowest BCUT2D eigenvalue weighted by molar-refractivity contribution is -0.122. The maximum Gasteiger partial charge on any atom is 0.248 e. The molecule has 8 heteroatoms. The first-order chi connectivity index (χ1) is 11.3. The molecule has 2 rings (SSSR count). The van der Waals surface area contributed by atoms with E-state index >= 15 is 0 Å². The minimum absolute atomic E-state index is 0.0522. The number of piperidine rings is 1. The largest absolute Gasteiger partial charge is 0.360 e. The number of nitrogens with zero attached hydrogens (tertiary/aromatic N) is 2. The van der Waals surface area contributed by atoms with E-state index in [4.69, 9.17) is 4.52 Å². The van der Waals surface area contributed by atoms with Crippen LogP contribution in [0.3, 0.4) is 0 Å². The van der Waals surface area contributed by atoms with Gasteiger partial charge in [0.05, 0.1) is 0 Å². The van der Waals surface area contributed by atoms with Crippen molar-refractivity contribution in [3.05, 3.63) is 11.5 Å². The molecule has 1 fully saturated rings. The maximum atomic E-state index is 12.7. The highest BCUT2D eigenvalue weighted by molar-refractivity contribution is 7.89. The fourth-order valence-electron chi connectivity index (χ4n) is 3.02. The smallest absolute Gasteiger partial charge is 0.248 e. The molecule has 136 valence electrons. The normalized spacial score (nSPS) is 18.5. The van der Waals surface area contributed by atoms with Gasteiger partial charge in [0.2, 0.25) is 15.9 Å². The van der Waals surface area contributed by atoms with Gasteiger partial charge in [0.25, 0.3) is 0 Å². The van der Waals surface area contributed by atoms with Crippen molar-refractivity contribution in [2.45, 2.75) is 64.3 Å². The Labute approximate surface area is 143 Å². The predicted octanol–water partition coefficient (Wildman–Crippen LogP) is 2.00. The number of aromatic nitrogens is 1. The lowest BCUT2D eigenvalue weighted by Crippen LogP contribution is -2.40. The van der Waals surface area contributed by atoms with Crippen LogP contribution in [0.1, 0.15) is 51.0 Å². The monoisotopic (exact) mass is 357 g/mol. The van der Waals surface area contributed by atoms with Crippen LogP contribution < -0.4 is 5.32 Å². The molecule has 1 aromatic heterocycles. The van der Waals surface area contributed by atoms with Crippen LogP contribution in [0.25, 0.3) is 0 Å². The van der Waals surface area contributed by atoms with E-state index in [-0.39, 0.29) is 22.8 Å². The summed E-state index contributed by atoms with van der Waals surface area (Å²) in [4.78, 5) is 12.1. The van der Waals surface area contributed by atoms with Crippen LogP contribution >= 0.6 is 0 Å². The number of aryl methyl sites for hydroxylation is 2. The summed E-state index contributed by atoms with van der Waals surface area (Å²) >= 11 is 0. The van der Waals surface area contributed by atoms with Crippen molar-refractivity contribution in [2.75, 3.05) is 13.1 Å². The molecule has 0 aliphatic carbocycles. The zero-order valence-electron chi connectivity index (χ0n) is 14.8. The van der Waals surface area contributed by atoms with Gasteiger partial charge in [0.1, 0.15) is 10.6 Å². The molecule has 2 heterocycles. The van der Waals surface area contributed by atoms with Crippen molar-refractivity contribution in [1.29, 1.82) is 0 Å². The van der Waals surface area contributed by atoms with Gasteiger partial charge in [-0.1, -0.05) is 12.1 Å². The fourth-order valence-corrected chi connectivity index (χ4v) is 4.78. The molecule has 1 amide bonds. The van der Waals surface area contributed by atoms with Gasteiger partial charge in [-0.3, -0.25) is 4.79 Å². The van der Waals surface area contributed by atoms with E-state index in [1.165, 1.54) is 4.31 Å². The summed E-state index contributed by atoms with van der Waals surface area (Å²) in [5.74, 6) is 0.601. The lowest BCUT2D eigenvalue weighted by Gasteiger charge is -2.31. The van der Waals surface area contributed by atoms with E-state index < -0.39 is 10.0 Å². The van der Waals surface area contributed by atoms with E-state index in [1.807, 2.05) is 13.8 Å². The molecule has 1 aliphatic rings. The number of rotatable bonds is 6. The van der Waals surface area contributed by atoms with Gasteiger partial charge in [-0.15, -0.1) is 0 Å². The first-order valence-electron chi connectivity index (χ1n) is 8.48. The van der Waals surface area contributed by atoms with Gasteiger partial charge in [0, 0.05) is 25.6 Å². The second-order valence-electron chi connectivity index (χ2n) is 6.58. The summed E-state index contributed by atoms with van der Waals surface area (Å²) in [7, 11) is -3.58. The summed E-state index contributed by atoms with van der Waals surface area (Å²) in [6, 6.07) is 0.178. The highest BCUT2D eigenvalue weighted by Crippen LogP contribution is 2.28. The molecular formula is C16H27N3O4S. The summed E-state index contributed by atoms with van der Waals surface area (Å²) in [5.41, 5.74) is 0.391. The van der Waals surface area contributed by atoms with Gasteiger partial charge in [0.15, 0.2) is 5.76 Å². The molecule has 0 bridgehead atoms. The van der Waals surface area contributed by atoms with Crippen LogP contribution in [-0.4, -0.2) is 42.9 Å². The van der Waals surface area contributed by atoms with Gasteiger partial charge >= 0.3 is 0 Å². The van der Waals surface area contributed by atoms with Crippen molar-refractivity contribution in [3.63, 3.8) is 0 Å². The van der Waals surface area contributed by atoms with Gasteiger partial charge in [-0.05, 0) is 46.0 Å². The molecule has 24 heavy (non-hydrogen) atoms. The van der Waals surface area contributed by atoms with E-state index in [9.17, 15) is 13.2 Å². The molecule has 0 aromatic carbocycles. The topological polar surface area (TPSA) is 92.5 Å². The highest BCUT2D eigenvalue weighted by atomic mass is 32.2. The number of amides is 1. The Hall–Kier alpha value is -1.41. The molecule has 0 spiro atoms. The molecule has 1 aromatic rings. The van der Waals surface area contributed by atoms with E-state index in [0.717, 1.165) is 6.42 Å². The zero-order valence-corrected chi connectivity index (χ0v) is 15.6. The summed E-state index contributed by atoms with van der Waals surface area (Å²) in [6.45, 7) is 8.11. The quantitative estimate of drug-likeness (QED) is 0.840. The van der Waals surface area contributed by atoms with Gasteiger partial charge in [-0.25, -0.2) is 8.42 Å². The third-order valence-electron chi connectivity index (χ3n) is 4.63. The Bertz CT molecular complexity index is 656. The lowest BCUT2D eigenvalue weighted by atomic mass is 9.94. The third kappa shape index (κ3) is 4.16. The van der Waals surface area contributed by atoms with Crippen LogP contribution in [0.2, 0.25) is 0 Å². The first-order valence-corrected chi connectivity index (χ1v) is 9.92. The molecular weight excluding hydrogens is 330 g/mol. The van der Waals surface area contributed by atoms with E-state index in [2.05, 4.69) is 10.5 Å². The second-order valence-corrected chi connectivity index (χ2v) is 8.46.